The van der Waals surface area contributed by atoms with Gasteiger partial charge < -0.3 is 4.52 Å². The zero-order valence-corrected chi connectivity index (χ0v) is 13.2. The van der Waals surface area contributed by atoms with Gasteiger partial charge in [0, 0.05) is 0 Å². The van der Waals surface area contributed by atoms with Crippen LogP contribution in [0.3, 0.4) is 0 Å². The summed E-state index contributed by atoms with van der Waals surface area (Å²) in [4.78, 5) is 0. The van der Waals surface area contributed by atoms with Gasteiger partial charge in [-0.15, -0.1) is 0 Å². The van der Waals surface area contributed by atoms with E-state index >= 15 is 0 Å². The molecule has 2 rings (SSSR count). The van der Waals surface area contributed by atoms with Crippen molar-refractivity contribution in [1.82, 2.24) is 0 Å². The fourth-order valence-corrected chi connectivity index (χ4v) is 3.62. The van der Waals surface area contributed by atoms with Crippen molar-refractivity contribution < 1.29 is 13.6 Å². The topological polar surface area (TPSA) is 35.5 Å². The van der Waals surface area contributed by atoms with Crippen molar-refractivity contribution in [3.05, 3.63) is 66.2 Å². The molecule has 112 valence electrons. The summed E-state index contributed by atoms with van der Waals surface area (Å²) in [6.07, 6.45) is 2.15. The number of unbranched alkanes of at least 4 members (excludes halogenated alkanes) is 1. The summed E-state index contributed by atoms with van der Waals surface area (Å²) in [7, 11) is -3.19. The highest BCUT2D eigenvalue weighted by molar-refractivity contribution is 7.53. The molecule has 0 saturated heterocycles. The number of hydrogen-bond acceptors (Lipinski definition) is 3. The molecule has 0 fully saturated rings. The van der Waals surface area contributed by atoms with Gasteiger partial charge in [0.1, 0.15) is 5.75 Å². The third-order valence-electron chi connectivity index (χ3n) is 2.99. The molecule has 0 spiro atoms. The Kier molecular flexibility index (Phi) is 6.04. The number of benzene rings is 2. The zero-order chi connectivity index (χ0) is 15.0. The summed E-state index contributed by atoms with van der Waals surface area (Å²) in [5.41, 5.74) is 0.952. The van der Waals surface area contributed by atoms with Gasteiger partial charge in [-0.3, -0.25) is 4.52 Å². The molecule has 21 heavy (non-hydrogen) atoms. The van der Waals surface area contributed by atoms with Crippen LogP contribution in [0.25, 0.3) is 0 Å². The lowest BCUT2D eigenvalue weighted by molar-refractivity contribution is 0.259. The predicted molar refractivity (Wildman–Crippen MR) is 85.7 cm³/mol. The van der Waals surface area contributed by atoms with Gasteiger partial charge in [0.15, 0.2) is 0 Å². The molecular weight excluding hydrogens is 283 g/mol. The Balaban J connectivity index is 2.11. The fourth-order valence-electron chi connectivity index (χ4n) is 1.90. The van der Waals surface area contributed by atoms with Crippen LogP contribution in [0.2, 0.25) is 0 Å². The first-order chi connectivity index (χ1) is 10.2. The van der Waals surface area contributed by atoms with E-state index in [0.29, 0.717) is 12.4 Å². The molecule has 1 unspecified atom stereocenters. The van der Waals surface area contributed by atoms with Gasteiger partial charge in [0.05, 0.1) is 12.8 Å². The van der Waals surface area contributed by atoms with Crippen molar-refractivity contribution in [2.24, 2.45) is 0 Å². The Morgan fingerprint density at radius 2 is 1.57 bits per heavy atom. The van der Waals surface area contributed by atoms with Gasteiger partial charge in [0.2, 0.25) is 0 Å². The Morgan fingerprint density at radius 1 is 0.952 bits per heavy atom. The normalized spacial score (nSPS) is 13.6. The standard InChI is InChI=1S/C17H21O3P/c1-2-3-14-19-21(18,15-16-10-6-4-7-11-16)20-17-12-8-5-9-13-17/h4-13H,2-3,14-15H2,1H3. The van der Waals surface area contributed by atoms with Crippen molar-refractivity contribution in [3.8, 4) is 5.75 Å². The van der Waals surface area contributed by atoms with E-state index in [-0.39, 0.29) is 6.16 Å². The number of hydrogen-bond donors (Lipinski definition) is 0. The van der Waals surface area contributed by atoms with E-state index in [4.69, 9.17) is 9.05 Å². The molecule has 1 atom stereocenters. The van der Waals surface area contributed by atoms with E-state index < -0.39 is 7.60 Å². The first-order valence-corrected chi connectivity index (χ1v) is 8.97. The maximum Gasteiger partial charge on any atom is 0.383 e. The minimum atomic E-state index is -3.19. The van der Waals surface area contributed by atoms with Crippen molar-refractivity contribution in [2.75, 3.05) is 6.61 Å². The molecule has 0 aliphatic carbocycles. The van der Waals surface area contributed by atoms with E-state index in [2.05, 4.69) is 6.92 Å². The molecule has 0 N–H and O–H groups in total. The van der Waals surface area contributed by atoms with Crippen LogP contribution in [0.4, 0.5) is 0 Å². The molecule has 0 aliphatic heterocycles. The molecule has 0 bridgehead atoms. The molecule has 0 radical (unpaired) electrons. The lowest BCUT2D eigenvalue weighted by atomic mass is 10.2. The average molecular weight is 304 g/mol. The van der Waals surface area contributed by atoms with E-state index in [9.17, 15) is 4.57 Å². The Labute approximate surface area is 126 Å². The molecular formula is C17H21O3P. The summed E-state index contributed by atoms with van der Waals surface area (Å²) in [6.45, 7) is 2.52. The monoisotopic (exact) mass is 304 g/mol. The van der Waals surface area contributed by atoms with Gasteiger partial charge in [-0.05, 0) is 24.1 Å². The van der Waals surface area contributed by atoms with Crippen LogP contribution in [-0.4, -0.2) is 6.61 Å². The Morgan fingerprint density at radius 3 is 2.19 bits per heavy atom. The second-order valence-electron chi connectivity index (χ2n) is 4.85. The molecule has 0 aromatic heterocycles. The molecule has 0 saturated carbocycles. The fraction of sp³-hybridized carbons (Fsp3) is 0.294. The van der Waals surface area contributed by atoms with E-state index in [1.54, 1.807) is 12.1 Å². The molecule has 0 aliphatic rings. The summed E-state index contributed by atoms with van der Waals surface area (Å²) >= 11 is 0. The number of rotatable bonds is 8. The van der Waals surface area contributed by atoms with Crippen LogP contribution in [0.15, 0.2) is 60.7 Å². The first-order valence-electron chi connectivity index (χ1n) is 7.24. The maximum atomic E-state index is 13.0. The molecule has 0 amide bonds. The Bertz CT molecular complexity index is 524. The summed E-state index contributed by atoms with van der Waals surface area (Å²) in [5.74, 6) is 0.577. The third kappa shape index (κ3) is 5.37. The molecule has 2 aromatic rings. The predicted octanol–water partition coefficient (Wildman–Crippen LogP) is 5.28. The van der Waals surface area contributed by atoms with Gasteiger partial charge in [0.25, 0.3) is 0 Å². The molecule has 0 heterocycles. The largest absolute Gasteiger partial charge is 0.424 e. The quantitative estimate of drug-likeness (QED) is 0.492. The average Bonchev–Trinajstić information content (AvgIpc) is 2.49. The zero-order valence-electron chi connectivity index (χ0n) is 12.3. The summed E-state index contributed by atoms with van der Waals surface area (Å²) in [6, 6.07) is 18.8. The highest BCUT2D eigenvalue weighted by atomic mass is 31.2. The van der Waals surface area contributed by atoms with Crippen LogP contribution in [0.1, 0.15) is 25.3 Å². The second-order valence-corrected chi connectivity index (χ2v) is 6.82. The smallest absolute Gasteiger partial charge is 0.383 e. The minimum absolute atomic E-state index is 0.284. The lowest BCUT2D eigenvalue weighted by Crippen LogP contribution is -2.03. The van der Waals surface area contributed by atoms with E-state index in [1.165, 1.54) is 0 Å². The summed E-state index contributed by atoms with van der Waals surface area (Å²) in [5, 5.41) is 0. The lowest BCUT2D eigenvalue weighted by Gasteiger charge is -2.19. The summed E-state index contributed by atoms with van der Waals surface area (Å²) < 4.78 is 24.3. The minimum Gasteiger partial charge on any atom is -0.424 e. The van der Waals surface area contributed by atoms with E-state index in [1.807, 2.05) is 48.5 Å². The molecule has 3 nitrogen and oxygen atoms in total. The van der Waals surface area contributed by atoms with Crippen molar-refractivity contribution in [1.29, 1.82) is 0 Å². The highest BCUT2D eigenvalue weighted by Crippen LogP contribution is 2.51. The van der Waals surface area contributed by atoms with E-state index in [0.717, 1.165) is 18.4 Å². The van der Waals surface area contributed by atoms with Crippen LogP contribution < -0.4 is 4.52 Å². The van der Waals surface area contributed by atoms with Gasteiger partial charge in [-0.2, -0.15) is 0 Å². The van der Waals surface area contributed by atoms with Gasteiger partial charge >= 0.3 is 7.60 Å². The van der Waals surface area contributed by atoms with Gasteiger partial charge in [-0.25, -0.2) is 4.57 Å². The first kappa shape index (κ1) is 15.8. The van der Waals surface area contributed by atoms with Crippen molar-refractivity contribution in [2.45, 2.75) is 25.9 Å². The number of para-hydroxylation sites is 1. The molecule has 4 heteroatoms. The third-order valence-corrected chi connectivity index (χ3v) is 4.81. The van der Waals surface area contributed by atoms with Crippen molar-refractivity contribution >= 4 is 7.60 Å². The van der Waals surface area contributed by atoms with Crippen LogP contribution in [0.5, 0.6) is 5.75 Å². The van der Waals surface area contributed by atoms with Crippen LogP contribution in [0, 0.1) is 0 Å². The Hall–Kier alpha value is -1.57. The van der Waals surface area contributed by atoms with Crippen LogP contribution in [-0.2, 0) is 15.3 Å². The van der Waals surface area contributed by atoms with Crippen LogP contribution >= 0.6 is 7.60 Å². The molecule has 2 aromatic carbocycles. The van der Waals surface area contributed by atoms with Crippen molar-refractivity contribution in [3.63, 3.8) is 0 Å². The highest BCUT2D eigenvalue weighted by Gasteiger charge is 2.26. The van der Waals surface area contributed by atoms with Gasteiger partial charge in [-0.1, -0.05) is 61.9 Å². The SMILES string of the molecule is CCCCOP(=O)(Cc1ccccc1)Oc1ccccc1. The maximum absolute atomic E-state index is 13.0. The second kappa shape index (κ2) is 8.02.